The molecule has 1 aliphatic heterocycles. The van der Waals surface area contributed by atoms with Gasteiger partial charge in [0.05, 0.1) is 10.4 Å². The van der Waals surface area contributed by atoms with Crippen molar-refractivity contribution < 1.29 is 0 Å². The summed E-state index contributed by atoms with van der Waals surface area (Å²) in [5, 5.41) is 0.165. The summed E-state index contributed by atoms with van der Waals surface area (Å²) in [4.78, 5) is 9.89. The second-order valence-electron chi connectivity index (χ2n) is 3.67. The third-order valence-corrected chi connectivity index (χ3v) is 6.29. The quantitative estimate of drug-likeness (QED) is 0.773. The van der Waals surface area contributed by atoms with Crippen LogP contribution in [0, 0.1) is 0 Å². The number of aromatic nitrogens is 1. The van der Waals surface area contributed by atoms with Gasteiger partial charge in [0.15, 0.2) is 0 Å². The molecule has 86 valence electrons. The summed E-state index contributed by atoms with van der Waals surface area (Å²) < 4.78 is -0.214. The summed E-state index contributed by atoms with van der Waals surface area (Å²) in [5.41, 5.74) is 3.09. The van der Waals surface area contributed by atoms with E-state index >= 15 is 0 Å². The van der Waals surface area contributed by atoms with Gasteiger partial charge in [-0.05, 0) is 5.56 Å². The van der Waals surface area contributed by atoms with Crippen molar-refractivity contribution in [2.45, 2.75) is 9.03 Å². The molecule has 3 rings (SSSR count). The lowest BCUT2D eigenvalue weighted by Crippen LogP contribution is -2.09. The fourth-order valence-corrected chi connectivity index (χ4v) is 4.59. The summed E-state index contributed by atoms with van der Waals surface area (Å²) in [5.74, 6) is 0. The number of alkyl halides is 1. The van der Waals surface area contributed by atoms with Gasteiger partial charge in [-0.2, -0.15) is 0 Å². The smallest absolute Gasteiger partial charge is 0.143 e. The average molecular weight is 325 g/mol. The SMILES string of the molecule is BrC1(c2cncs2)C=NC(c2ccccc2)S1. The van der Waals surface area contributed by atoms with E-state index in [1.165, 1.54) is 10.4 Å². The molecule has 0 radical (unpaired) electrons. The molecular weight excluding hydrogens is 316 g/mol. The molecule has 1 aromatic heterocycles. The zero-order valence-electron chi connectivity index (χ0n) is 8.79. The van der Waals surface area contributed by atoms with Crippen molar-refractivity contribution in [2.24, 2.45) is 4.99 Å². The third kappa shape index (κ3) is 2.19. The Bertz CT molecular complexity index is 527. The topological polar surface area (TPSA) is 25.2 Å². The summed E-state index contributed by atoms with van der Waals surface area (Å²) in [7, 11) is 0. The van der Waals surface area contributed by atoms with Crippen molar-refractivity contribution in [3.05, 3.63) is 52.5 Å². The van der Waals surface area contributed by atoms with Crippen molar-refractivity contribution >= 4 is 45.2 Å². The highest BCUT2D eigenvalue weighted by atomic mass is 79.9. The molecule has 0 saturated heterocycles. The van der Waals surface area contributed by atoms with Gasteiger partial charge in [0.2, 0.25) is 0 Å². The highest BCUT2D eigenvalue weighted by Gasteiger charge is 2.37. The van der Waals surface area contributed by atoms with Gasteiger partial charge in [-0.1, -0.05) is 46.3 Å². The van der Waals surface area contributed by atoms with Crippen LogP contribution in [-0.4, -0.2) is 11.2 Å². The Kier molecular flexibility index (Phi) is 3.06. The number of thioether (sulfide) groups is 1. The lowest BCUT2D eigenvalue weighted by molar-refractivity contribution is 1.06. The first kappa shape index (κ1) is 11.4. The van der Waals surface area contributed by atoms with E-state index in [2.05, 4.69) is 38.0 Å². The molecule has 2 heterocycles. The van der Waals surface area contributed by atoms with Gasteiger partial charge in [-0.3, -0.25) is 9.98 Å². The normalized spacial score (nSPS) is 27.5. The molecule has 0 aliphatic carbocycles. The first-order valence-electron chi connectivity index (χ1n) is 5.13. The predicted molar refractivity (Wildman–Crippen MR) is 78.0 cm³/mol. The van der Waals surface area contributed by atoms with Gasteiger partial charge < -0.3 is 0 Å². The fraction of sp³-hybridized carbons (Fsp3) is 0.167. The molecule has 17 heavy (non-hydrogen) atoms. The monoisotopic (exact) mass is 324 g/mol. The van der Waals surface area contributed by atoms with Crippen LogP contribution in [0.4, 0.5) is 0 Å². The molecule has 0 N–H and O–H groups in total. The van der Waals surface area contributed by atoms with E-state index < -0.39 is 0 Å². The van der Waals surface area contributed by atoms with Crippen LogP contribution < -0.4 is 0 Å². The number of benzene rings is 1. The van der Waals surface area contributed by atoms with Crippen molar-refractivity contribution in [2.75, 3.05) is 0 Å². The molecular formula is C12H9BrN2S2. The fourth-order valence-electron chi connectivity index (χ4n) is 1.66. The average Bonchev–Trinajstić information content (AvgIpc) is 3.00. The Morgan fingerprint density at radius 1 is 1.24 bits per heavy atom. The minimum atomic E-state index is -0.214. The van der Waals surface area contributed by atoms with Crippen molar-refractivity contribution in [1.82, 2.24) is 4.98 Å². The highest BCUT2D eigenvalue weighted by Crippen LogP contribution is 2.54. The Labute approximate surface area is 116 Å². The number of rotatable bonds is 2. The summed E-state index contributed by atoms with van der Waals surface area (Å²) in [6, 6.07) is 10.3. The predicted octanol–water partition coefficient (Wildman–Crippen LogP) is 4.21. The number of thiazole rings is 1. The minimum Gasteiger partial charge on any atom is -0.276 e. The Balaban J connectivity index is 1.86. The number of hydrogen-bond acceptors (Lipinski definition) is 4. The Hall–Kier alpha value is -0.650. The number of nitrogens with zero attached hydrogens (tertiary/aromatic N) is 2. The van der Waals surface area contributed by atoms with Crippen LogP contribution in [0.3, 0.4) is 0 Å². The molecule has 2 aromatic rings. The van der Waals surface area contributed by atoms with Crippen molar-refractivity contribution in [3.8, 4) is 0 Å². The minimum absolute atomic E-state index is 0.165. The first-order chi connectivity index (χ1) is 8.28. The largest absolute Gasteiger partial charge is 0.276 e. The number of aliphatic imine (C=N–C) groups is 1. The lowest BCUT2D eigenvalue weighted by atomic mass is 10.2. The van der Waals surface area contributed by atoms with Crippen LogP contribution in [0.2, 0.25) is 0 Å². The van der Waals surface area contributed by atoms with Crippen molar-refractivity contribution in [1.29, 1.82) is 0 Å². The van der Waals surface area contributed by atoms with E-state index in [4.69, 9.17) is 0 Å². The molecule has 2 atom stereocenters. The molecule has 0 saturated carbocycles. The van der Waals surface area contributed by atoms with Gasteiger partial charge in [0.1, 0.15) is 9.03 Å². The van der Waals surface area contributed by atoms with Gasteiger partial charge in [0.25, 0.3) is 0 Å². The van der Waals surface area contributed by atoms with E-state index in [1.54, 1.807) is 23.1 Å². The third-order valence-electron chi connectivity index (χ3n) is 2.51. The van der Waals surface area contributed by atoms with Crippen LogP contribution in [0.15, 0.2) is 47.0 Å². The maximum atomic E-state index is 4.59. The molecule has 1 aromatic carbocycles. The van der Waals surface area contributed by atoms with E-state index in [0.29, 0.717) is 0 Å². The zero-order chi connectivity index (χ0) is 11.7. The van der Waals surface area contributed by atoms with Crippen LogP contribution in [-0.2, 0) is 3.66 Å². The molecule has 0 amide bonds. The van der Waals surface area contributed by atoms with Gasteiger partial charge in [0, 0.05) is 12.4 Å². The summed E-state index contributed by atoms with van der Waals surface area (Å²) >= 11 is 7.19. The van der Waals surface area contributed by atoms with E-state index in [0.717, 1.165) is 0 Å². The Morgan fingerprint density at radius 3 is 2.76 bits per heavy atom. The van der Waals surface area contributed by atoms with Crippen LogP contribution in [0.5, 0.6) is 0 Å². The van der Waals surface area contributed by atoms with Gasteiger partial charge >= 0.3 is 0 Å². The molecule has 0 spiro atoms. The van der Waals surface area contributed by atoms with E-state index in [-0.39, 0.29) is 9.03 Å². The van der Waals surface area contributed by atoms with Crippen LogP contribution in [0.25, 0.3) is 0 Å². The second-order valence-corrected chi connectivity index (χ2v) is 7.66. The molecule has 1 aliphatic rings. The lowest BCUT2D eigenvalue weighted by Gasteiger charge is -2.17. The van der Waals surface area contributed by atoms with Crippen molar-refractivity contribution in [3.63, 3.8) is 0 Å². The Morgan fingerprint density at radius 2 is 2.06 bits per heavy atom. The summed E-state index contributed by atoms with van der Waals surface area (Å²) in [6.07, 6.45) is 3.87. The van der Waals surface area contributed by atoms with E-state index in [1.807, 2.05) is 36.1 Å². The maximum Gasteiger partial charge on any atom is 0.143 e. The molecule has 2 nitrogen and oxygen atoms in total. The van der Waals surface area contributed by atoms with E-state index in [9.17, 15) is 0 Å². The standard InChI is InChI=1S/C12H9BrN2S2/c13-12(10-6-14-8-16-10)7-15-11(17-12)9-4-2-1-3-5-9/h1-8,11H. The maximum absolute atomic E-state index is 4.59. The molecule has 0 fully saturated rings. The molecule has 0 bridgehead atoms. The van der Waals surface area contributed by atoms with Gasteiger partial charge in [-0.15, -0.1) is 23.1 Å². The highest BCUT2D eigenvalue weighted by molar-refractivity contribution is 9.11. The zero-order valence-corrected chi connectivity index (χ0v) is 12.0. The molecule has 2 unspecified atom stereocenters. The van der Waals surface area contributed by atoms with Crippen LogP contribution >= 0.6 is 39.0 Å². The number of halogens is 1. The first-order valence-corrected chi connectivity index (χ1v) is 7.68. The molecule has 5 heteroatoms. The van der Waals surface area contributed by atoms with Gasteiger partial charge in [-0.25, -0.2) is 0 Å². The number of hydrogen-bond donors (Lipinski definition) is 0. The van der Waals surface area contributed by atoms with Crippen LogP contribution in [0.1, 0.15) is 15.8 Å². The summed E-state index contributed by atoms with van der Waals surface area (Å²) in [6.45, 7) is 0. The second kappa shape index (κ2) is 4.55.